The van der Waals surface area contributed by atoms with Gasteiger partial charge in [-0.2, -0.15) is 0 Å². The van der Waals surface area contributed by atoms with E-state index >= 15 is 0 Å². The lowest BCUT2D eigenvalue weighted by Crippen LogP contribution is -2.44. The number of benzene rings is 1. The van der Waals surface area contributed by atoms with Crippen molar-refractivity contribution in [3.05, 3.63) is 29.8 Å². The van der Waals surface area contributed by atoms with Crippen LogP contribution in [-0.2, 0) is 4.79 Å². The smallest absolute Gasteiger partial charge is 0.316 e. The summed E-state index contributed by atoms with van der Waals surface area (Å²) in [5.41, 5.74) is 5.84. The van der Waals surface area contributed by atoms with E-state index in [2.05, 4.69) is 10.6 Å². The molecule has 1 aromatic carbocycles. The van der Waals surface area contributed by atoms with Crippen LogP contribution >= 0.6 is 23.2 Å². The molecule has 0 saturated carbocycles. The minimum atomic E-state index is -1.30. The second kappa shape index (κ2) is 8.04. The summed E-state index contributed by atoms with van der Waals surface area (Å²) >= 11 is 10.8. The lowest BCUT2D eigenvalue weighted by Gasteiger charge is -2.23. The summed E-state index contributed by atoms with van der Waals surface area (Å²) in [5.74, 6) is -0.719. The summed E-state index contributed by atoms with van der Waals surface area (Å²) in [6.45, 7) is -0.505. The highest BCUT2D eigenvalue weighted by Gasteiger charge is 2.24. The first-order chi connectivity index (χ1) is 9.85. The lowest BCUT2D eigenvalue weighted by molar-refractivity contribution is -0.121. The number of anilines is 1. The van der Waals surface area contributed by atoms with Crippen molar-refractivity contribution in [1.29, 1.82) is 0 Å². The van der Waals surface area contributed by atoms with Crippen molar-refractivity contribution in [2.75, 3.05) is 11.9 Å². The van der Waals surface area contributed by atoms with Crippen molar-refractivity contribution in [3.8, 4) is 0 Å². The number of alkyl halides is 2. The fourth-order valence-corrected chi connectivity index (χ4v) is 1.73. The molecule has 2 atom stereocenters. The van der Waals surface area contributed by atoms with E-state index in [0.29, 0.717) is 11.3 Å². The molecule has 21 heavy (non-hydrogen) atoms. The maximum Gasteiger partial charge on any atom is 0.316 e. The molecule has 0 radical (unpaired) electrons. The molecule has 0 aromatic heterocycles. The molecule has 1 rings (SSSR count). The Balaban J connectivity index is 2.77. The van der Waals surface area contributed by atoms with Crippen LogP contribution in [0.25, 0.3) is 0 Å². The standard InChI is InChI=1S/C12H15Cl2N3O4/c13-10(14)11(20)17-8(5-18)9(19)6-1-3-7(4-2-6)16-12(15)21/h1-4,8-10,18-19H,5H2,(H,17,20)(H3,15,16,21)/t8-,9-/m1/s1. The predicted molar refractivity (Wildman–Crippen MR) is 79.1 cm³/mol. The average molecular weight is 336 g/mol. The number of primary amides is 1. The quantitative estimate of drug-likeness (QED) is 0.485. The number of halogens is 2. The van der Waals surface area contributed by atoms with Gasteiger partial charge in [-0.15, -0.1) is 0 Å². The third-order valence-electron chi connectivity index (χ3n) is 2.62. The minimum absolute atomic E-state index is 0.421. The third kappa shape index (κ3) is 5.39. The normalized spacial score (nSPS) is 13.6. The SMILES string of the molecule is NC(=O)Nc1ccc([C@@H](O)[C@@H](CO)NC(=O)C(Cl)Cl)cc1. The first-order valence-electron chi connectivity index (χ1n) is 5.89. The number of amides is 3. The number of urea groups is 1. The average Bonchev–Trinajstić information content (AvgIpc) is 2.43. The Labute approximate surface area is 131 Å². The molecule has 0 spiro atoms. The van der Waals surface area contributed by atoms with Gasteiger partial charge in [0.1, 0.15) is 6.10 Å². The largest absolute Gasteiger partial charge is 0.394 e. The monoisotopic (exact) mass is 335 g/mol. The fraction of sp³-hybridized carbons (Fsp3) is 0.333. The Morgan fingerprint density at radius 3 is 2.24 bits per heavy atom. The van der Waals surface area contributed by atoms with Crippen LogP contribution in [0, 0.1) is 0 Å². The fourth-order valence-electron chi connectivity index (χ4n) is 1.61. The van der Waals surface area contributed by atoms with Crippen molar-refractivity contribution in [2.45, 2.75) is 17.0 Å². The van der Waals surface area contributed by atoms with E-state index in [4.69, 9.17) is 28.9 Å². The highest BCUT2D eigenvalue weighted by Crippen LogP contribution is 2.19. The number of carbonyl (C=O) groups excluding carboxylic acids is 2. The second-order valence-electron chi connectivity index (χ2n) is 4.15. The number of nitrogens with one attached hydrogen (secondary N) is 2. The first kappa shape index (κ1) is 17.5. The lowest BCUT2D eigenvalue weighted by atomic mass is 10.0. The minimum Gasteiger partial charge on any atom is -0.394 e. The molecule has 0 heterocycles. The number of hydrogen-bond acceptors (Lipinski definition) is 4. The molecule has 0 aliphatic carbocycles. The van der Waals surface area contributed by atoms with E-state index < -0.39 is 35.5 Å². The Morgan fingerprint density at radius 1 is 1.24 bits per heavy atom. The molecule has 1 aromatic rings. The van der Waals surface area contributed by atoms with Crippen molar-refractivity contribution in [3.63, 3.8) is 0 Å². The zero-order chi connectivity index (χ0) is 16.0. The van der Waals surface area contributed by atoms with Gasteiger partial charge in [-0.05, 0) is 17.7 Å². The summed E-state index contributed by atoms with van der Waals surface area (Å²) in [6, 6.07) is 4.40. The van der Waals surface area contributed by atoms with E-state index in [0.717, 1.165) is 0 Å². The molecule has 9 heteroatoms. The zero-order valence-electron chi connectivity index (χ0n) is 10.8. The molecule has 6 N–H and O–H groups in total. The van der Waals surface area contributed by atoms with Crippen LogP contribution in [-0.4, -0.2) is 39.6 Å². The summed E-state index contributed by atoms with van der Waals surface area (Å²) in [4.78, 5) is 20.8. The van der Waals surface area contributed by atoms with Crippen LogP contribution in [0.2, 0.25) is 0 Å². The molecule has 0 unspecified atom stereocenters. The molecule has 0 aliphatic heterocycles. The third-order valence-corrected chi connectivity index (χ3v) is 3.02. The van der Waals surface area contributed by atoms with Crippen LogP contribution in [0.4, 0.5) is 10.5 Å². The Kier molecular flexibility index (Phi) is 6.70. The van der Waals surface area contributed by atoms with Crippen molar-refractivity contribution in [2.24, 2.45) is 5.73 Å². The van der Waals surface area contributed by atoms with Crippen LogP contribution in [0.1, 0.15) is 11.7 Å². The highest BCUT2D eigenvalue weighted by molar-refractivity contribution is 6.53. The highest BCUT2D eigenvalue weighted by atomic mass is 35.5. The van der Waals surface area contributed by atoms with Gasteiger partial charge >= 0.3 is 6.03 Å². The molecule has 0 aliphatic rings. The molecule has 0 fully saturated rings. The maximum atomic E-state index is 11.4. The van der Waals surface area contributed by atoms with Crippen molar-refractivity contribution >= 4 is 40.8 Å². The van der Waals surface area contributed by atoms with Gasteiger partial charge < -0.3 is 26.6 Å². The number of nitrogens with two attached hydrogens (primary N) is 1. The van der Waals surface area contributed by atoms with E-state index in [1.165, 1.54) is 24.3 Å². The van der Waals surface area contributed by atoms with Crippen LogP contribution in [0.3, 0.4) is 0 Å². The van der Waals surface area contributed by atoms with E-state index in [9.17, 15) is 19.8 Å². The van der Waals surface area contributed by atoms with Crippen molar-refractivity contribution < 1.29 is 19.8 Å². The van der Waals surface area contributed by atoms with Gasteiger partial charge in [0, 0.05) is 5.69 Å². The number of aliphatic hydroxyl groups is 2. The van der Waals surface area contributed by atoms with Gasteiger partial charge in [0.2, 0.25) is 0 Å². The molecule has 116 valence electrons. The zero-order valence-corrected chi connectivity index (χ0v) is 12.3. The molecule has 7 nitrogen and oxygen atoms in total. The van der Waals surface area contributed by atoms with E-state index in [1.807, 2.05) is 0 Å². The number of rotatable bonds is 6. The summed E-state index contributed by atoms with van der Waals surface area (Å²) in [7, 11) is 0. The number of aliphatic hydroxyl groups excluding tert-OH is 2. The van der Waals surface area contributed by atoms with E-state index in [-0.39, 0.29) is 0 Å². The number of hydrogen-bond donors (Lipinski definition) is 5. The summed E-state index contributed by atoms with van der Waals surface area (Å²) in [5, 5.41) is 24.0. The first-order valence-corrected chi connectivity index (χ1v) is 6.76. The van der Waals surface area contributed by atoms with Gasteiger partial charge in [-0.1, -0.05) is 35.3 Å². The van der Waals surface area contributed by atoms with Gasteiger partial charge in [0.15, 0.2) is 4.84 Å². The molecular formula is C12H15Cl2N3O4. The van der Waals surface area contributed by atoms with Crippen molar-refractivity contribution in [1.82, 2.24) is 5.32 Å². The number of carbonyl (C=O) groups is 2. The Hall–Kier alpha value is -1.54. The second-order valence-corrected chi connectivity index (χ2v) is 5.25. The Bertz CT molecular complexity index is 496. The van der Waals surface area contributed by atoms with Gasteiger partial charge in [0.25, 0.3) is 5.91 Å². The molecular weight excluding hydrogens is 321 g/mol. The Morgan fingerprint density at radius 2 is 1.81 bits per heavy atom. The van der Waals surface area contributed by atoms with Gasteiger partial charge in [-0.3, -0.25) is 4.79 Å². The van der Waals surface area contributed by atoms with Crippen LogP contribution < -0.4 is 16.4 Å². The maximum absolute atomic E-state index is 11.4. The molecule has 3 amide bonds. The van der Waals surface area contributed by atoms with Gasteiger partial charge in [-0.25, -0.2) is 4.79 Å². The molecule has 0 bridgehead atoms. The summed E-state index contributed by atoms with van der Waals surface area (Å²) < 4.78 is 0. The summed E-state index contributed by atoms with van der Waals surface area (Å²) in [6.07, 6.45) is -1.17. The predicted octanol–water partition coefficient (Wildman–Crippen LogP) is 0.491. The molecule has 0 saturated heterocycles. The van der Waals surface area contributed by atoms with Gasteiger partial charge in [0.05, 0.1) is 12.6 Å². The van der Waals surface area contributed by atoms with Crippen LogP contribution in [0.5, 0.6) is 0 Å². The van der Waals surface area contributed by atoms with Crippen LogP contribution in [0.15, 0.2) is 24.3 Å². The topological polar surface area (TPSA) is 125 Å². The van der Waals surface area contributed by atoms with E-state index in [1.54, 1.807) is 0 Å².